The van der Waals surface area contributed by atoms with Gasteiger partial charge in [-0.3, -0.25) is 9.59 Å². The Morgan fingerprint density at radius 3 is 2.95 bits per heavy atom. The Kier molecular flexibility index (Phi) is 2.74. The molecular weight excluding hydrogens is 242 g/mol. The minimum absolute atomic E-state index is 0.0585. The van der Waals surface area contributed by atoms with E-state index in [1.54, 1.807) is 0 Å². The summed E-state index contributed by atoms with van der Waals surface area (Å²) in [7, 11) is 0. The highest BCUT2D eigenvalue weighted by molar-refractivity contribution is 5.98. The normalized spacial score (nSPS) is 18.6. The van der Waals surface area contributed by atoms with E-state index in [2.05, 4.69) is 15.6 Å². The van der Waals surface area contributed by atoms with Crippen molar-refractivity contribution in [3.63, 3.8) is 0 Å². The molecule has 2 aromatic rings. The van der Waals surface area contributed by atoms with Crippen LogP contribution >= 0.6 is 0 Å². The lowest BCUT2D eigenvalue weighted by Crippen LogP contribution is -2.24. The number of carbonyl (C=O) groups excluding carboxylic acids is 2. The molecule has 0 bridgehead atoms. The number of fused-ring (bicyclic) bond motifs is 1. The van der Waals surface area contributed by atoms with E-state index in [4.69, 9.17) is 0 Å². The average Bonchev–Trinajstić information content (AvgIpc) is 2.93. The molecule has 1 aliphatic heterocycles. The summed E-state index contributed by atoms with van der Waals surface area (Å²) in [4.78, 5) is 26.3. The minimum atomic E-state index is -0.267. The fraction of sp³-hybridized carbons (Fsp3) is 0.286. The van der Waals surface area contributed by atoms with Crippen LogP contribution in [0.2, 0.25) is 0 Å². The van der Waals surface area contributed by atoms with Crippen LogP contribution in [0.3, 0.4) is 0 Å². The zero-order valence-corrected chi connectivity index (χ0v) is 10.6. The van der Waals surface area contributed by atoms with Gasteiger partial charge in [0, 0.05) is 35.2 Å². The van der Waals surface area contributed by atoms with Crippen molar-refractivity contribution in [2.24, 2.45) is 5.92 Å². The molecule has 1 aliphatic rings. The Hall–Kier alpha value is -2.30. The van der Waals surface area contributed by atoms with Crippen molar-refractivity contribution in [1.29, 1.82) is 0 Å². The van der Waals surface area contributed by atoms with Crippen molar-refractivity contribution >= 4 is 28.4 Å². The first-order valence-electron chi connectivity index (χ1n) is 6.29. The predicted octanol–water partition coefficient (Wildman–Crippen LogP) is 1.55. The van der Waals surface area contributed by atoms with Crippen molar-refractivity contribution in [1.82, 2.24) is 10.3 Å². The van der Waals surface area contributed by atoms with Crippen molar-refractivity contribution in [2.45, 2.75) is 13.3 Å². The number of aryl methyl sites for hydroxylation is 1. The molecule has 1 saturated heterocycles. The molecular formula is C14H15N3O2. The maximum Gasteiger partial charge on any atom is 0.229 e. The molecule has 2 amide bonds. The second-order valence-corrected chi connectivity index (χ2v) is 4.95. The number of benzene rings is 1. The van der Waals surface area contributed by atoms with Gasteiger partial charge in [-0.1, -0.05) is 0 Å². The van der Waals surface area contributed by atoms with Crippen molar-refractivity contribution < 1.29 is 9.59 Å². The van der Waals surface area contributed by atoms with Gasteiger partial charge in [0.25, 0.3) is 0 Å². The van der Waals surface area contributed by atoms with Gasteiger partial charge in [-0.25, -0.2) is 0 Å². The maximum atomic E-state index is 12.0. The summed E-state index contributed by atoms with van der Waals surface area (Å²) in [5.41, 5.74) is 2.90. The Morgan fingerprint density at radius 1 is 1.37 bits per heavy atom. The number of carbonyl (C=O) groups is 2. The molecule has 0 saturated carbocycles. The minimum Gasteiger partial charge on any atom is -0.359 e. The molecule has 5 nitrogen and oxygen atoms in total. The monoisotopic (exact) mass is 257 g/mol. The predicted molar refractivity (Wildman–Crippen MR) is 72.8 cm³/mol. The third kappa shape index (κ3) is 2.31. The third-order valence-electron chi connectivity index (χ3n) is 3.37. The first kappa shape index (κ1) is 11.8. The van der Waals surface area contributed by atoms with Crippen LogP contribution in [0.4, 0.5) is 5.69 Å². The third-order valence-corrected chi connectivity index (χ3v) is 3.37. The van der Waals surface area contributed by atoms with Crippen molar-refractivity contribution in [3.8, 4) is 0 Å². The zero-order chi connectivity index (χ0) is 13.4. The van der Waals surface area contributed by atoms with Crippen molar-refractivity contribution in [3.05, 3.63) is 30.0 Å². The summed E-state index contributed by atoms with van der Waals surface area (Å²) >= 11 is 0. The number of hydrogen-bond acceptors (Lipinski definition) is 2. The maximum absolute atomic E-state index is 12.0. The summed E-state index contributed by atoms with van der Waals surface area (Å²) in [6.45, 7) is 2.42. The molecule has 3 N–H and O–H groups in total. The number of aromatic nitrogens is 1. The number of amides is 2. The second kappa shape index (κ2) is 4.42. The SMILES string of the molecule is Cc1cc2cc(NC(=O)C3CNC(=O)C3)ccc2[nH]1. The molecule has 2 heterocycles. The van der Waals surface area contributed by atoms with Crippen LogP contribution in [-0.4, -0.2) is 23.3 Å². The molecule has 19 heavy (non-hydrogen) atoms. The Bertz CT molecular complexity index is 660. The average molecular weight is 257 g/mol. The van der Waals surface area contributed by atoms with Gasteiger partial charge in [-0.15, -0.1) is 0 Å². The molecule has 1 atom stereocenters. The van der Waals surface area contributed by atoms with E-state index in [9.17, 15) is 9.59 Å². The molecule has 1 aromatic heterocycles. The van der Waals surface area contributed by atoms with Crippen LogP contribution < -0.4 is 10.6 Å². The van der Waals surface area contributed by atoms with Crippen LogP contribution in [0.25, 0.3) is 10.9 Å². The zero-order valence-electron chi connectivity index (χ0n) is 10.6. The van der Waals surface area contributed by atoms with E-state index in [0.29, 0.717) is 6.54 Å². The Morgan fingerprint density at radius 2 is 2.21 bits per heavy atom. The van der Waals surface area contributed by atoms with E-state index in [1.165, 1.54) is 0 Å². The van der Waals surface area contributed by atoms with Crippen molar-refractivity contribution in [2.75, 3.05) is 11.9 Å². The number of nitrogens with one attached hydrogen (secondary N) is 3. The van der Waals surface area contributed by atoms with Gasteiger partial charge in [-0.2, -0.15) is 0 Å². The lowest BCUT2D eigenvalue weighted by Gasteiger charge is -2.09. The highest BCUT2D eigenvalue weighted by Gasteiger charge is 2.27. The van der Waals surface area contributed by atoms with Gasteiger partial charge in [0.1, 0.15) is 0 Å². The van der Waals surface area contributed by atoms with E-state index in [-0.39, 0.29) is 24.2 Å². The summed E-state index contributed by atoms with van der Waals surface area (Å²) in [5, 5.41) is 6.59. The van der Waals surface area contributed by atoms with E-state index >= 15 is 0 Å². The summed E-state index contributed by atoms with van der Waals surface area (Å²) in [6, 6.07) is 7.77. The van der Waals surface area contributed by atoms with Gasteiger partial charge < -0.3 is 15.6 Å². The molecule has 1 unspecified atom stereocenters. The van der Waals surface area contributed by atoms with Gasteiger partial charge in [-0.05, 0) is 31.2 Å². The van der Waals surface area contributed by atoms with Gasteiger partial charge in [0.15, 0.2) is 0 Å². The number of H-pyrrole nitrogens is 1. The molecule has 0 spiro atoms. The topological polar surface area (TPSA) is 74.0 Å². The first-order chi connectivity index (χ1) is 9.11. The van der Waals surface area contributed by atoms with Crippen LogP contribution in [0, 0.1) is 12.8 Å². The molecule has 5 heteroatoms. The lowest BCUT2D eigenvalue weighted by atomic mass is 10.1. The highest BCUT2D eigenvalue weighted by atomic mass is 16.2. The summed E-state index contributed by atoms with van der Waals surface area (Å²) in [6.07, 6.45) is 0.275. The quantitative estimate of drug-likeness (QED) is 0.763. The smallest absolute Gasteiger partial charge is 0.229 e. The standard InChI is InChI=1S/C14H15N3O2/c1-8-4-9-5-11(2-3-12(9)16-8)17-14(19)10-6-13(18)15-7-10/h2-5,10,16H,6-7H2,1H3,(H,15,18)(H,17,19). The van der Waals surface area contributed by atoms with E-state index in [0.717, 1.165) is 22.3 Å². The second-order valence-electron chi connectivity index (χ2n) is 4.95. The summed E-state index contributed by atoms with van der Waals surface area (Å²) < 4.78 is 0. The molecule has 3 rings (SSSR count). The molecule has 0 aliphatic carbocycles. The first-order valence-corrected chi connectivity index (χ1v) is 6.29. The van der Waals surface area contributed by atoms with Crippen LogP contribution in [0.5, 0.6) is 0 Å². The lowest BCUT2D eigenvalue weighted by molar-refractivity contribution is -0.123. The summed E-state index contributed by atoms with van der Waals surface area (Å²) in [5.74, 6) is -0.432. The van der Waals surface area contributed by atoms with Crippen LogP contribution in [0.1, 0.15) is 12.1 Å². The molecule has 0 radical (unpaired) electrons. The van der Waals surface area contributed by atoms with E-state index in [1.807, 2.05) is 31.2 Å². The number of aromatic amines is 1. The number of hydrogen-bond donors (Lipinski definition) is 3. The van der Waals surface area contributed by atoms with Gasteiger partial charge in [0.05, 0.1) is 5.92 Å². The fourth-order valence-corrected chi connectivity index (χ4v) is 2.39. The van der Waals surface area contributed by atoms with E-state index < -0.39 is 0 Å². The van der Waals surface area contributed by atoms with Crippen LogP contribution in [-0.2, 0) is 9.59 Å². The van der Waals surface area contributed by atoms with Gasteiger partial charge >= 0.3 is 0 Å². The number of rotatable bonds is 2. The largest absolute Gasteiger partial charge is 0.359 e. The highest BCUT2D eigenvalue weighted by Crippen LogP contribution is 2.21. The Labute approximate surface area is 110 Å². The van der Waals surface area contributed by atoms with Crippen LogP contribution in [0.15, 0.2) is 24.3 Å². The fourth-order valence-electron chi connectivity index (χ4n) is 2.39. The van der Waals surface area contributed by atoms with Gasteiger partial charge in [0.2, 0.25) is 11.8 Å². The molecule has 1 aromatic carbocycles. The molecule has 1 fully saturated rings. The molecule has 98 valence electrons. The Balaban J connectivity index is 1.77. The number of anilines is 1.